The van der Waals surface area contributed by atoms with Gasteiger partial charge in [0.25, 0.3) is 5.91 Å². The van der Waals surface area contributed by atoms with Crippen LogP contribution in [0.4, 0.5) is 5.69 Å². The lowest BCUT2D eigenvalue weighted by molar-refractivity contribution is -0.682. The molecule has 0 heterocycles. The normalized spacial score (nSPS) is 11.6. The summed E-state index contributed by atoms with van der Waals surface area (Å²) in [6, 6.07) is 17.0. The first-order valence-electron chi connectivity index (χ1n) is 8.06. The van der Waals surface area contributed by atoms with Crippen LogP contribution in [0, 0.1) is 0 Å². The summed E-state index contributed by atoms with van der Waals surface area (Å²) in [6.07, 6.45) is 0. The van der Waals surface area contributed by atoms with E-state index < -0.39 is 5.97 Å². The average molecular weight is 327 g/mol. The van der Waals surface area contributed by atoms with Gasteiger partial charge in [0.1, 0.15) is 6.04 Å². The molecule has 0 radical (unpaired) electrons. The number of anilines is 1. The van der Waals surface area contributed by atoms with E-state index in [0.29, 0.717) is 17.9 Å². The molecule has 0 unspecified atom stereocenters. The lowest BCUT2D eigenvalue weighted by atomic mass is 10.1. The van der Waals surface area contributed by atoms with Crippen molar-refractivity contribution in [2.24, 2.45) is 0 Å². The molecule has 0 spiro atoms. The molecule has 5 heteroatoms. The van der Waals surface area contributed by atoms with Crippen LogP contribution in [0.15, 0.2) is 54.6 Å². The second-order valence-electron chi connectivity index (χ2n) is 5.45. The van der Waals surface area contributed by atoms with Gasteiger partial charge in [-0.05, 0) is 26.0 Å². The lowest BCUT2D eigenvalue weighted by Gasteiger charge is -2.12. The zero-order chi connectivity index (χ0) is 17.4. The third-order valence-electron chi connectivity index (χ3n) is 3.68. The Balaban J connectivity index is 1.94. The Morgan fingerprint density at radius 3 is 2.46 bits per heavy atom. The van der Waals surface area contributed by atoms with Crippen molar-refractivity contribution >= 4 is 17.6 Å². The molecule has 2 rings (SSSR count). The number of nitrogens with two attached hydrogens (primary N) is 1. The number of rotatable bonds is 7. The van der Waals surface area contributed by atoms with E-state index in [4.69, 9.17) is 4.74 Å². The molecule has 2 aromatic carbocycles. The maximum absolute atomic E-state index is 12.2. The number of nitrogens with one attached hydrogen (secondary N) is 1. The Kier molecular flexibility index (Phi) is 6.51. The first kappa shape index (κ1) is 17.7. The summed E-state index contributed by atoms with van der Waals surface area (Å²) in [5.74, 6) is -0.593. The topological polar surface area (TPSA) is 72.0 Å². The van der Waals surface area contributed by atoms with Crippen LogP contribution in [0.25, 0.3) is 0 Å². The predicted octanol–water partition coefficient (Wildman–Crippen LogP) is 2.13. The molecule has 1 atom stereocenters. The van der Waals surface area contributed by atoms with E-state index in [1.54, 1.807) is 31.2 Å². The molecule has 24 heavy (non-hydrogen) atoms. The largest absolute Gasteiger partial charge is 0.462 e. The molecule has 126 valence electrons. The Morgan fingerprint density at radius 1 is 1.08 bits per heavy atom. The molecule has 2 aromatic rings. The highest BCUT2D eigenvalue weighted by Crippen LogP contribution is 2.16. The zero-order valence-corrected chi connectivity index (χ0v) is 14.0. The van der Waals surface area contributed by atoms with Crippen LogP contribution in [-0.2, 0) is 9.53 Å². The van der Waals surface area contributed by atoms with Crippen molar-refractivity contribution in [3.8, 4) is 0 Å². The Bertz CT molecular complexity index is 686. The number of hydrogen-bond acceptors (Lipinski definition) is 3. The van der Waals surface area contributed by atoms with Crippen LogP contribution < -0.4 is 10.6 Å². The fraction of sp³-hybridized carbons (Fsp3) is 0.263. The summed E-state index contributed by atoms with van der Waals surface area (Å²) >= 11 is 0. The van der Waals surface area contributed by atoms with Gasteiger partial charge in [-0.1, -0.05) is 42.5 Å². The van der Waals surface area contributed by atoms with Crippen molar-refractivity contribution in [3.63, 3.8) is 0 Å². The number of ether oxygens (including phenoxy) is 1. The molecule has 3 N–H and O–H groups in total. The maximum Gasteiger partial charge on any atom is 0.340 e. The highest BCUT2D eigenvalue weighted by Gasteiger charge is 2.16. The number of carbonyl (C=O) groups is 2. The average Bonchev–Trinajstić information content (AvgIpc) is 2.61. The van der Waals surface area contributed by atoms with Gasteiger partial charge in [0.2, 0.25) is 0 Å². The Morgan fingerprint density at radius 2 is 1.75 bits per heavy atom. The van der Waals surface area contributed by atoms with E-state index in [1.807, 2.05) is 35.6 Å². The zero-order valence-electron chi connectivity index (χ0n) is 14.0. The first-order chi connectivity index (χ1) is 11.6. The van der Waals surface area contributed by atoms with Crippen LogP contribution in [0.1, 0.15) is 35.8 Å². The second-order valence-corrected chi connectivity index (χ2v) is 5.45. The Labute approximate surface area is 142 Å². The number of hydrogen-bond donors (Lipinski definition) is 2. The molecule has 0 bridgehead atoms. The van der Waals surface area contributed by atoms with Crippen molar-refractivity contribution in [2.45, 2.75) is 19.9 Å². The number of quaternary nitrogens is 1. The van der Waals surface area contributed by atoms with E-state index >= 15 is 0 Å². The van der Waals surface area contributed by atoms with Gasteiger partial charge in [0, 0.05) is 5.56 Å². The van der Waals surface area contributed by atoms with Gasteiger partial charge in [-0.3, -0.25) is 4.79 Å². The number of amides is 1. The number of para-hydroxylation sites is 1. The SMILES string of the molecule is CCOC(=O)c1ccccc1NC(=O)C[NH2+][C@H](C)c1ccccc1. The minimum Gasteiger partial charge on any atom is -0.462 e. The molecule has 0 saturated heterocycles. The van der Waals surface area contributed by atoms with Crippen molar-refractivity contribution in [1.82, 2.24) is 0 Å². The van der Waals surface area contributed by atoms with Gasteiger partial charge in [0.15, 0.2) is 6.54 Å². The fourth-order valence-electron chi connectivity index (χ4n) is 2.36. The number of benzene rings is 2. The summed E-state index contributed by atoms with van der Waals surface area (Å²) in [5, 5.41) is 4.74. The van der Waals surface area contributed by atoms with Gasteiger partial charge < -0.3 is 15.4 Å². The van der Waals surface area contributed by atoms with E-state index in [1.165, 1.54) is 0 Å². The molecule has 1 amide bonds. The molecular weight excluding hydrogens is 304 g/mol. The van der Waals surface area contributed by atoms with E-state index in [-0.39, 0.29) is 18.5 Å². The lowest BCUT2D eigenvalue weighted by Crippen LogP contribution is -2.86. The van der Waals surface area contributed by atoms with Crippen molar-refractivity contribution in [1.29, 1.82) is 0 Å². The minimum atomic E-state index is -0.435. The molecule has 0 fully saturated rings. The molecule has 0 aliphatic heterocycles. The van der Waals surface area contributed by atoms with Gasteiger partial charge in [-0.25, -0.2) is 4.79 Å². The number of esters is 1. The third-order valence-corrected chi connectivity index (χ3v) is 3.68. The summed E-state index contributed by atoms with van der Waals surface area (Å²) in [5.41, 5.74) is 2.00. The van der Waals surface area contributed by atoms with Gasteiger partial charge >= 0.3 is 5.97 Å². The van der Waals surface area contributed by atoms with Crippen molar-refractivity contribution < 1.29 is 19.6 Å². The van der Waals surface area contributed by atoms with Crippen LogP contribution in [-0.4, -0.2) is 25.0 Å². The molecule has 5 nitrogen and oxygen atoms in total. The molecule has 0 aromatic heterocycles. The molecule has 0 aliphatic rings. The number of carbonyl (C=O) groups excluding carboxylic acids is 2. The van der Waals surface area contributed by atoms with Crippen LogP contribution in [0.2, 0.25) is 0 Å². The fourth-order valence-corrected chi connectivity index (χ4v) is 2.36. The van der Waals surface area contributed by atoms with E-state index in [9.17, 15) is 9.59 Å². The van der Waals surface area contributed by atoms with Crippen LogP contribution in [0.5, 0.6) is 0 Å². The standard InChI is InChI=1S/C19H22N2O3/c1-3-24-19(23)16-11-7-8-12-17(16)21-18(22)13-20-14(2)15-9-5-4-6-10-15/h4-12,14,20H,3,13H2,1-2H3,(H,21,22)/p+1/t14-/m1/s1. The van der Waals surface area contributed by atoms with E-state index in [0.717, 1.165) is 5.56 Å². The quantitative estimate of drug-likeness (QED) is 0.765. The van der Waals surface area contributed by atoms with Crippen LogP contribution in [0.3, 0.4) is 0 Å². The first-order valence-corrected chi connectivity index (χ1v) is 8.06. The maximum atomic E-state index is 12.2. The van der Waals surface area contributed by atoms with Crippen LogP contribution >= 0.6 is 0 Å². The van der Waals surface area contributed by atoms with Gasteiger partial charge in [-0.15, -0.1) is 0 Å². The monoisotopic (exact) mass is 327 g/mol. The summed E-state index contributed by atoms with van der Waals surface area (Å²) < 4.78 is 5.01. The van der Waals surface area contributed by atoms with E-state index in [2.05, 4.69) is 12.2 Å². The summed E-state index contributed by atoms with van der Waals surface area (Å²) in [7, 11) is 0. The molecule has 0 aliphatic carbocycles. The summed E-state index contributed by atoms with van der Waals surface area (Å²) in [6.45, 7) is 4.37. The van der Waals surface area contributed by atoms with Crippen molar-refractivity contribution in [2.75, 3.05) is 18.5 Å². The Hall–Kier alpha value is -2.66. The van der Waals surface area contributed by atoms with Crippen molar-refractivity contribution in [3.05, 3.63) is 65.7 Å². The highest BCUT2D eigenvalue weighted by atomic mass is 16.5. The summed E-state index contributed by atoms with van der Waals surface area (Å²) in [4.78, 5) is 24.1. The predicted molar refractivity (Wildman–Crippen MR) is 92.7 cm³/mol. The molecule has 0 saturated carbocycles. The smallest absolute Gasteiger partial charge is 0.340 e. The highest BCUT2D eigenvalue weighted by molar-refractivity contribution is 6.01. The third kappa shape index (κ3) is 4.93. The van der Waals surface area contributed by atoms with Gasteiger partial charge in [-0.2, -0.15) is 0 Å². The second kappa shape index (κ2) is 8.84. The minimum absolute atomic E-state index is 0.158. The van der Waals surface area contributed by atoms with Gasteiger partial charge in [0.05, 0.1) is 17.9 Å². The molecular formula is C19H23N2O3+.